The van der Waals surface area contributed by atoms with Crippen LogP contribution < -0.4 is 5.32 Å². The maximum absolute atomic E-state index is 14.6. The summed E-state index contributed by atoms with van der Waals surface area (Å²) in [5, 5.41) is 7.34. The van der Waals surface area contributed by atoms with Crippen molar-refractivity contribution < 1.29 is 22.4 Å². The number of hydrogen-bond donors (Lipinski definition) is 1. The van der Waals surface area contributed by atoms with E-state index in [2.05, 4.69) is 22.3 Å². The number of alkyl halides is 3. The second kappa shape index (κ2) is 8.28. The molecule has 2 heterocycles. The zero-order valence-corrected chi connectivity index (χ0v) is 16.9. The number of rotatable bonds is 4. The zero-order chi connectivity index (χ0) is 22.2. The summed E-state index contributed by atoms with van der Waals surface area (Å²) in [7, 11) is 0. The molecule has 1 aliphatic carbocycles. The van der Waals surface area contributed by atoms with Crippen LogP contribution in [0.15, 0.2) is 36.5 Å². The predicted molar refractivity (Wildman–Crippen MR) is 108 cm³/mol. The van der Waals surface area contributed by atoms with Gasteiger partial charge in [0.15, 0.2) is 5.82 Å². The molecule has 0 radical (unpaired) electrons. The van der Waals surface area contributed by atoms with Gasteiger partial charge in [-0.15, -0.1) is 0 Å². The van der Waals surface area contributed by atoms with E-state index >= 15 is 0 Å². The molecule has 164 valence electrons. The van der Waals surface area contributed by atoms with Crippen LogP contribution >= 0.6 is 0 Å². The Hall–Kier alpha value is -2.97. The summed E-state index contributed by atoms with van der Waals surface area (Å²) < 4.78 is 54.9. The molecule has 1 aliphatic rings. The highest BCUT2D eigenvalue weighted by molar-refractivity contribution is 6.03. The van der Waals surface area contributed by atoms with Crippen molar-refractivity contribution in [1.82, 2.24) is 14.8 Å². The summed E-state index contributed by atoms with van der Waals surface area (Å²) >= 11 is 0. The van der Waals surface area contributed by atoms with Crippen molar-refractivity contribution in [3.8, 4) is 0 Å². The number of fused-ring (bicyclic) bond motifs is 1. The van der Waals surface area contributed by atoms with Crippen molar-refractivity contribution in [3.63, 3.8) is 0 Å². The van der Waals surface area contributed by atoms with Crippen LogP contribution in [0.3, 0.4) is 0 Å². The van der Waals surface area contributed by atoms with Gasteiger partial charge in [-0.3, -0.25) is 9.48 Å². The van der Waals surface area contributed by atoms with Gasteiger partial charge in [-0.1, -0.05) is 19.4 Å². The van der Waals surface area contributed by atoms with Gasteiger partial charge < -0.3 is 5.32 Å². The minimum absolute atomic E-state index is 0.128. The maximum Gasteiger partial charge on any atom is 0.433 e. The summed E-state index contributed by atoms with van der Waals surface area (Å²) in [6.45, 7) is 2.19. The Kier molecular flexibility index (Phi) is 5.68. The van der Waals surface area contributed by atoms with Crippen molar-refractivity contribution in [3.05, 3.63) is 53.7 Å². The molecule has 31 heavy (non-hydrogen) atoms. The lowest BCUT2D eigenvalue weighted by atomic mass is 9.85. The van der Waals surface area contributed by atoms with Gasteiger partial charge in [0, 0.05) is 17.3 Å². The van der Waals surface area contributed by atoms with E-state index in [-0.39, 0.29) is 17.2 Å². The monoisotopic (exact) mass is 434 g/mol. The number of nitrogens with zero attached hydrogens (tertiary/aromatic N) is 3. The first kappa shape index (κ1) is 21.3. The van der Waals surface area contributed by atoms with Crippen LogP contribution in [0.5, 0.6) is 0 Å². The van der Waals surface area contributed by atoms with E-state index in [9.17, 15) is 22.4 Å². The van der Waals surface area contributed by atoms with Crippen LogP contribution in [0.25, 0.3) is 10.9 Å². The molecule has 1 amide bonds. The van der Waals surface area contributed by atoms with Crippen molar-refractivity contribution in [2.75, 3.05) is 5.32 Å². The molecule has 5 nitrogen and oxygen atoms in total. The van der Waals surface area contributed by atoms with E-state index in [0.717, 1.165) is 56.2 Å². The fourth-order valence-electron chi connectivity index (χ4n) is 4.10. The average molecular weight is 434 g/mol. The lowest BCUT2D eigenvalue weighted by Crippen LogP contribution is -2.18. The van der Waals surface area contributed by atoms with Crippen LogP contribution in [-0.2, 0) is 6.18 Å². The molecular formula is C22H22F4N4O. The van der Waals surface area contributed by atoms with E-state index in [4.69, 9.17) is 0 Å². The minimum Gasteiger partial charge on any atom is -0.321 e. The van der Waals surface area contributed by atoms with Crippen molar-refractivity contribution >= 4 is 22.5 Å². The van der Waals surface area contributed by atoms with Gasteiger partial charge in [0.05, 0.1) is 6.04 Å². The lowest BCUT2D eigenvalue weighted by molar-refractivity contribution is -0.141. The molecule has 1 aromatic carbocycles. The third kappa shape index (κ3) is 4.55. The van der Waals surface area contributed by atoms with Gasteiger partial charge in [-0.05, 0) is 55.9 Å². The molecule has 0 atom stereocenters. The van der Waals surface area contributed by atoms with E-state index < -0.39 is 29.3 Å². The molecule has 9 heteroatoms. The first-order chi connectivity index (χ1) is 14.7. The van der Waals surface area contributed by atoms with Crippen molar-refractivity contribution in [1.29, 1.82) is 0 Å². The third-order valence-corrected chi connectivity index (χ3v) is 5.88. The fraction of sp³-hybridized carbons (Fsp3) is 0.409. The molecule has 1 fully saturated rings. The van der Waals surface area contributed by atoms with E-state index in [1.807, 2.05) is 0 Å². The molecule has 0 aliphatic heterocycles. The Morgan fingerprint density at radius 2 is 1.94 bits per heavy atom. The Morgan fingerprint density at radius 3 is 2.61 bits per heavy atom. The number of pyridine rings is 1. The molecule has 4 rings (SSSR count). The second-order valence-corrected chi connectivity index (χ2v) is 7.95. The standard InChI is InChI=1S/C22H22F4N4O/c1-2-13-6-8-16(9-7-13)30-12-14-10-15(11-17(23)20(14)29-30)27-21(31)18-4-3-5-19(28-18)22(24,25)26/h3-5,10-13,16H,2,6-9H2,1H3,(H,27,31). The smallest absolute Gasteiger partial charge is 0.321 e. The molecule has 0 unspecified atom stereocenters. The fourth-order valence-corrected chi connectivity index (χ4v) is 4.10. The largest absolute Gasteiger partial charge is 0.433 e. The SMILES string of the molecule is CCC1CCC(n2cc3cc(NC(=O)c4cccc(C(F)(F)F)n4)cc(F)c3n2)CC1. The van der Waals surface area contributed by atoms with Crippen molar-refractivity contribution in [2.24, 2.45) is 5.92 Å². The number of halogens is 4. The zero-order valence-electron chi connectivity index (χ0n) is 16.9. The van der Waals surface area contributed by atoms with Gasteiger partial charge in [0.1, 0.15) is 16.9 Å². The summed E-state index contributed by atoms with van der Waals surface area (Å²) in [5.41, 5.74) is -1.24. The number of anilines is 1. The van der Waals surface area contributed by atoms with Crippen LogP contribution in [-0.4, -0.2) is 20.7 Å². The van der Waals surface area contributed by atoms with Crippen LogP contribution in [0.1, 0.15) is 61.3 Å². The van der Waals surface area contributed by atoms with E-state index in [0.29, 0.717) is 5.39 Å². The highest BCUT2D eigenvalue weighted by Gasteiger charge is 2.33. The van der Waals surface area contributed by atoms with Gasteiger partial charge in [0.2, 0.25) is 0 Å². The summed E-state index contributed by atoms with van der Waals surface area (Å²) in [6.07, 6.45) is 2.46. The molecule has 3 aromatic rings. The van der Waals surface area contributed by atoms with Gasteiger partial charge in [0.25, 0.3) is 5.91 Å². The Labute approximate surface area is 176 Å². The second-order valence-electron chi connectivity index (χ2n) is 7.95. The summed E-state index contributed by atoms with van der Waals surface area (Å²) in [4.78, 5) is 15.7. The molecule has 1 N–H and O–H groups in total. The van der Waals surface area contributed by atoms with Crippen LogP contribution in [0, 0.1) is 11.7 Å². The Bertz CT molecular complexity index is 1100. The maximum atomic E-state index is 14.6. The first-order valence-electron chi connectivity index (χ1n) is 10.3. The summed E-state index contributed by atoms with van der Waals surface area (Å²) in [5.74, 6) is -0.731. The molecule has 2 aromatic heterocycles. The summed E-state index contributed by atoms with van der Waals surface area (Å²) in [6, 6.07) is 5.94. The number of nitrogens with one attached hydrogen (secondary N) is 1. The van der Waals surface area contributed by atoms with E-state index in [1.54, 1.807) is 16.9 Å². The van der Waals surface area contributed by atoms with Crippen LogP contribution in [0.4, 0.5) is 23.2 Å². The number of benzene rings is 1. The molecule has 1 saturated carbocycles. The number of carbonyl (C=O) groups is 1. The highest BCUT2D eigenvalue weighted by Crippen LogP contribution is 2.34. The molecular weight excluding hydrogens is 412 g/mol. The molecule has 0 spiro atoms. The van der Waals surface area contributed by atoms with Gasteiger partial charge >= 0.3 is 6.18 Å². The van der Waals surface area contributed by atoms with E-state index in [1.165, 1.54) is 6.07 Å². The van der Waals surface area contributed by atoms with Crippen molar-refractivity contribution in [2.45, 2.75) is 51.2 Å². The highest BCUT2D eigenvalue weighted by atomic mass is 19.4. The number of carbonyl (C=O) groups excluding carboxylic acids is 1. The van der Waals surface area contributed by atoms with Gasteiger partial charge in [-0.2, -0.15) is 18.3 Å². The normalized spacial score (nSPS) is 19.5. The van der Waals surface area contributed by atoms with Gasteiger partial charge in [-0.25, -0.2) is 9.37 Å². The van der Waals surface area contributed by atoms with Crippen LogP contribution in [0.2, 0.25) is 0 Å². The topological polar surface area (TPSA) is 59.8 Å². The minimum atomic E-state index is -4.66. The first-order valence-corrected chi connectivity index (χ1v) is 10.3. The number of amides is 1. The lowest BCUT2D eigenvalue weighted by Gasteiger charge is -2.27. The quantitative estimate of drug-likeness (QED) is 0.514. The number of hydrogen-bond acceptors (Lipinski definition) is 3. The molecule has 0 bridgehead atoms. The predicted octanol–water partition coefficient (Wildman–Crippen LogP) is 5.98. The molecule has 0 saturated heterocycles. The average Bonchev–Trinajstić information content (AvgIpc) is 3.18. The third-order valence-electron chi connectivity index (χ3n) is 5.88. The Balaban J connectivity index is 1.55. The Morgan fingerprint density at radius 1 is 1.19 bits per heavy atom. The number of aromatic nitrogens is 3.